The third kappa shape index (κ3) is 4.68. The van der Waals surface area contributed by atoms with Gasteiger partial charge in [-0.2, -0.15) is 0 Å². The molecule has 1 aliphatic heterocycles. The molecule has 1 aliphatic rings. The van der Waals surface area contributed by atoms with Crippen LogP contribution in [0.15, 0.2) is 18.2 Å². The standard InChI is InChI=1S/C18H26ClFN2O2/c1-12-11-22(8-9-24-12)15(10-21-17(23)18(2,3)4)16-13(19)6-5-7-14(16)20/h5-7,12,15H,8-11H2,1-4H3,(H,21,23)/t12-,15-/m1/s1. The lowest BCUT2D eigenvalue weighted by Crippen LogP contribution is -2.48. The van der Waals surface area contributed by atoms with Crippen LogP contribution in [-0.2, 0) is 9.53 Å². The fraction of sp³-hybridized carbons (Fsp3) is 0.611. The van der Waals surface area contributed by atoms with Crippen LogP contribution >= 0.6 is 11.6 Å². The maximum atomic E-state index is 14.5. The lowest BCUT2D eigenvalue weighted by Gasteiger charge is -2.38. The van der Waals surface area contributed by atoms with E-state index in [2.05, 4.69) is 10.2 Å². The highest BCUT2D eigenvalue weighted by atomic mass is 35.5. The van der Waals surface area contributed by atoms with Crippen LogP contribution < -0.4 is 5.32 Å². The molecule has 1 aromatic carbocycles. The second kappa shape index (κ2) is 7.81. The molecule has 0 saturated carbocycles. The number of nitrogens with one attached hydrogen (secondary N) is 1. The number of amides is 1. The van der Waals surface area contributed by atoms with Crippen LogP contribution in [-0.4, -0.2) is 43.2 Å². The minimum absolute atomic E-state index is 0.0603. The third-order valence-electron chi connectivity index (χ3n) is 4.18. The van der Waals surface area contributed by atoms with Crippen LogP contribution in [0.3, 0.4) is 0 Å². The molecule has 4 nitrogen and oxygen atoms in total. The number of hydrogen-bond donors (Lipinski definition) is 1. The van der Waals surface area contributed by atoms with Crippen LogP contribution in [0.2, 0.25) is 5.02 Å². The highest BCUT2D eigenvalue weighted by molar-refractivity contribution is 6.31. The van der Waals surface area contributed by atoms with Crippen molar-refractivity contribution < 1.29 is 13.9 Å². The molecule has 0 spiro atoms. The zero-order chi connectivity index (χ0) is 17.9. The van der Waals surface area contributed by atoms with Gasteiger partial charge in [0.2, 0.25) is 5.91 Å². The summed E-state index contributed by atoms with van der Waals surface area (Å²) in [7, 11) is 0. The number of rotatable bonds is 4. The smallest absolute Gasteiger partial charge is 0.225 e. The van der Waals surface area contributed by atoms with E-state index in [1.165, 1.54) is 6.07 Å². The van der Waals surface area contributed by atoms with E-state index >= 15 is 0 Å². The van der Waals surface area contributed by atoms with Crippen LogP contribution in [0.5, 0.6) is 0 Å². The molecule has 6 heteroatoms. The fourth-order valence-corrected chi connectivity index (χ4v) is 3.11. The third-order valence-corrected chi connectivity index (χ3v) is 4.51. The fourth-order valence-electron chi connectivity index (χ4n) is 2.83. The monoisotopic (exact) mass is 356 g/mol. The number of halogens is 2. The minimum Gasteiger partial charge on any atom is -0.376 e. The first-order valence-corrected chi connectivity index (χ1v) is 8.66. The molecular weight excluding hydrogens is 331 g/mol. The number of hydrogen-bond acceptors (Lipinski definition) is 3. The molecule has 1 aromatic rings. The van der Waals surface area contributed by atoms with Gasteiger partial charge in [0.05, 0.1) is 18.8 Å². The van der Waals surface area contributed by atoms with Gasteiger partial charge in [-0.3, -0.25) is 9.69 Å². The Balaban J connectivity index is 2.26. The molecule has 1 saturated heterocycles. The summed E-state index contributed by atoms with van der Waals surface area (Å²) >= 11 is 6.27. The molecule has 1 fully saturated rings. The van der Waals surface area contributed by atoms with E-state index in [1.807, 2.05) is 27.7 Å². The van der Waals surface area contributed by atoms with Crippen LogP contribution in [0.4, 0.5) is 4.39 Å². The second-order valence-electron chi connectivity index (χ2n) is 7.29. The van der Waals surface area contributed by atoms with E-state index in [-0.39, 0.29) is 23.9 Å². The van der Waals surface area contributed by atoms with Crippen molar-refractivity contribution in [2.24, 2.45) is 5.41 Å². The van der Waals surface area contributed by atoms with E-state index < -0.39 is 5.41 Å². The highest BCUT2D eigenvalue weighted by Crippen LogP contribution is 2.31. The van der Waals surface area contributed by atoms with E-state index in [1.54, 1.807) is 12.1 Å². The summed E-state index contributed by atoms with van der Waals surface area (Å²) in [5.74, 6) is -0.419. The number of benzene rings is 1. The number of ether oxygens (including phenoxy) is 1. The maximum Gasteiger partial charge on any atom is 0.225 e. The van der Waals surface area contributed by atoms with Gasteiger partial charge in [-0.05, 0) is 19.1 Å². The summed E-state index contributed by atoms with van der Waals surface area (Å²) in [4.78, 5) is 14.4. The normalized spacial score (nSPS) is 20.7. The Labute approximate surface area is 148 Å². The Morgan fingerprint density at radius 1 is 1.50 bits per heavy atom. The lowest BCUT2D eigenvalue weighted by atomic mass is 9.95. The van der Waals surface area contributed by atoms with Gasteiger partial charge in [0.25, 0.3) is 0 Å². The average molecular weight is 357 g/mol. The molecule has 1 heterocycles. The SMILES string of the molecule is C[C@@H]1CN([C@H](CNC(=O)C(C)(C)C)c2c(F)cccc2Cl)CCO1. The van der Waals surface area contributed by atoms with Crippen molar-refractivity contribution in [2.45, 2.75) is 39.8 Å². The summed E-state index contributed by atoms with van der Waals surface area (Å²) in [6, 6.07) is 4.36. The first kappa shape index (κ1) is 19.2. The minimum atomic E-state index is -0.498. The molecule has 24 heavy (non-hydrogen) atoms. The first-order valence-electron chi connectivity index (χ1n) is 8.28. The molecule has 1 N–H and O–H groups in total. The zero-order valence-corrected chi connectivity index (χ0v) is 15.5. The van der Waals surface area contributed by atoms with Crippen LogP contribution in [0, 0.1) is 11.2 Å². The second-order valence-corrected chi connectivity index (χ2v) is 7.69. The molecular formula is C18H26ClFN2O2. The molecule has 0 aliphatic carbocycles. The molecule has 134 valence electrons. The Kier molecular flexibility index (Phi) is 6.23. The van der Waals surface area contributed by atoms with Crippen molar-refractivity contribution in [3.05, 3.63) is 34.6 Å². The lowest BCUT2D eigenvalue weighted by molar-refractivity contribution is -0.128. The van der Waals surface area contributed by atoms with Crippen molar-refractivity contribution in [3.8, 4) is 0 Å². The predicted octanol–water partition coefficient (Wildman–Crippen LogP) is 3.40. The Bertz CT molecular complexity index is 569. The average Bonchev–Trinajstić information content (AvgIpc) is 2.48. The zero-order valence-electron chi connectivity index (χ0n) is 14.7. The number of carbonyl (C=O) groups is 1. The van der Waals surface area contributed by atoms with E-state index in [9.17, 15) is 9.18 Å². The molecule has 0 radical (unpaired) electrons. The van der Waals surface area contributed by atoms with Gasteiger partial charge >= 0.3 is 0 Å². The van der Waals surface area contributed by atoms with Crippen LogP contribution in [0.25, 0.3) is 0 Å². The quantitative estimate of drug-likeness (QED) is 0.899. The molecule has 2 rings (SSSR count). The van der Waals surface area contributed by atoms with Gasteiger partial charge < -0.3 is 10.1 Å². The molecule has 2 atom stereocenters. The van der Waals surface area contributed by atoms with E-state index in [4.69, 9.17) is 16.3 Å². The maximum absolute atomic E-state index is 14.5. The molecule has 0 bridgehead atoms. The first-order chi connectivity index (χ1) is 11.2. The van der Waals surface area contributed by atoms with Gasteiger partial charge in [-0.25, -0.2) is 4.39 Å². The number of morpholine rings is 1. The summed E-state index contributed by atoms with van der Waals surface area (Å²) in [5.41, 5.74) is -0.0653. The number of carbonyl (C=O) groups excluding carboxylic acids is 1. The summed E-state index contributed by atoms with van der Waals surface area (Å²) < 4.78 is 20.0. The largest absolute Gasteiger partial charge is 0.376 e. The topological polar surface area (TPSA) is 41.6 Å². The predicted molar refractivity (Wildman–Crippen MR) is 93.6 cm³/mol. The van der Waals surface area contributed by atoms with E-state index in [0.717, 1.165) is 0 Å². The highest BCUT2D eigenvalue weighted by Gasteiger charge is 2.30. The van der Waals surface area contributed by atoms with Gasteiger partial charge in [0, 0.05) is 35.6 Å². The van der Waals surface area contributed by atoms with Gasteiger partial charge in [-0.1, -0.05) is 38.4 Å². The molecule has 0 aromatic heterocycles. The van der Waals surface area contributed by atoms with Crippen molar-refractivity contribution in [2.75, 3.05) is 26.2 Å². The van der Waals surface area contributed by atoms with Gasteiger partial charge in [0.1, 0.15) is 5.82 Å². The summed E-state index contributed by atoms with van der Waals surface area (Å²) in [6.07, 6.45) is 0.0603. The number of nitrogens with zero attached hydrogens (tertiary/aromatic N) is 1. The molecule has 1 amide bonds. The summed E-state index contributed by atoms with van der Waals surface area (Å²) in [6.45, 7) is 9.77. The van der Waals surface area contributed by atoms with Crippen molar-refractivity contribution >= 4 is 17.5 Å². The van der Waals surface area contributed by atoms with Crippen molar-refractivity contribution in [3.63, 3.8) is 0 Å². The Morgan fingerprint density at radius 2 is 2.21 bits per heavy atom. The van der Waals surface area contributed by atoms with E-state index in [0.29, 0.717) is 36.8 Å². The Hall–Kier alpha value is -1.17. The van der Waals surface area contributed by atoms with Gasteiger partial charge in [0.15, 0.2) is 0 Å². The van der Waals surface area contributed by atoms with Gasteiger partial charge in [-0.15, -0.1) is 0 Å². The van der Waals surface area contributed by atoms with Crippen molar-refractivity contribution in [1.29, 1.82) is 0 Å². The Morgan fingerprint density at radius 3 is 2.79 bits per heavy atom. The summed E-state index contributed by atoms with van der Waals surface area (Å²) in [5, 5.41) is 3.32. The van der Waals surface area contributed by atoms with Crippen molar-refractivity contribution in [1.82, 2.24) is 10.2 Å². The van der Waals surface area contributed by atoms with Crippen LogP contribution in [0.1, 0.15) is 39.3 Å². The molecule has 0 unspecified atom stereocenters.